The Balaban J connectivity index is 1.80. The normalized spacial score (nSPS) is 12.7. The largest absolute Gasteiger partial charge is 0.305 e. The van der Waals surface area contributed by atoms with Crippen LogP contribution in [0.5, 0.6) is 0 Å². The minimum Gasteiger partial charge on any atom is -0.305 e. The van der Waals surface area contributed by atoms with E-state index in [0.717, 1.165) is 63.7 Å². The second-order valence-corrected chi connectivity index (χ2v) is 8.47. The number of thiazole rings is 1. The fraction of sp³-hybridized carbons (Fsp3) is 0.217. The van der Waals surface area contributed by atoms with Crippen LogP contribution >= 0.6 is 11.3 Å². The standard InChI is InChI=1S/C23H21N5OS/c1-14-6-3-4-9-19(14)28-21-17(20(27-28)16-11-10-15(2)24-12-16)7-5-8-18-22(21)30-23(26-18)25-13-29/h3-4,6,9-13H,5,7-8H2,1-2H3,(H,25,26,29). The summed E-state index contributed by atoms with van der Waals surface area (Å²) in [5, 5.41) is 8.43. The topological polar surface area (TPSA) is 72.7 Å². The molecule has 150 valence electrons. The molecule has 1 aromatic carbocycles. The van der Waals surface area contributed by atoms with Gasteiger partial charge in [-0.25, -0.2) is 9.67 Å². The summed E-state index contributed by atoms with van der Waals surface area (Å²) in [5.74, 6) is 0. The maximum atomic E-state index is 11.0. The van der Waals surface area contributed by atoms with Crippen molar-refractivity contribution in [2.75, 3.05) is 5.32 Å². The molecule has 30 heavy (non-hydrogen) atoms. The molecular formula is C23H21N5OS. The van der Waals surface area contributed by atoms with Gasteiger partial charge in [-0.3, -0.25) is 9.78 Å². The van der Waals surface area contributed by atoms with E-state index in [0.29, 0.717) is 11.5 Å². The summed E-state index contributed by atoms with van der Waals surface area (Å²) in [7, 11) is 0. The van der Waals surface area contributed by atoms with Gasteiger partial charge in [-0.1, -0.05) is 29.5 Å². The van der Waals surface area contributed by atoms with Crippen LogP contribution in [0.1, 0.15) is 28.9 Å². The molecule has 0 bridgehead atoms. The van der Waals surface area contributed by atoms with E-state index in [4.69, 9.17) is 5.10 Å². The van der Waals surface area contributed by atoms with Crippen LogP contribution in [0, 0.1) is 13.8 Å². The molecule has 5 rings (SSSR count). The van der Waals surface area contributed by atoms with Gasteiger partial charge in [-0.05, 0) is 56.9 Å². The number of nitrogens with zero attached hydrogens (tertiary/aromatic N) is 4. The monoisotopic (exact) mass is 415 g/mol. The second kappa shape index (κ2) is 7.50. The summed E-state index contributed by atoms with van der Waals surface area (Å²) in [6.07, 6.45) is 5.36. The number of nitrogens with one attached hydrogen (secondary N) is 1. The van der Waals surface area contributed by atoms with Gasteiger partial charge < -0.3 is 5.32 Å². The Kier molecular flexibility index (Phi) is 4.67. The highest BCUT2D eigenvalue weighted by molar-refractivity contribution is 7.19. The summed E-state index contributed by atoms with van der Waals surface area (Å²) < 4.78 is 2.05. The number of hydrogen-bond acceptors (Lipinski definition) is 5. The molecule has 0 fully saturated rings. The van der Waals surface area contributed by atoms with E-state index in [1.54, 1.807) is 0 Å². The van der Waals surface area contributed by atoms with Crippen LogP contribution in [0.15, 0.2) is 42.6 Å². The van der Waals surface area contributed by atoms with Gasteiger partial charge in [0.1, 0.15) is 0 Å². The zero-order valence-corrected chi connectivity index (χ0v) is 17.7. The molecule has 7 heteroatoms. The molecule has 0 saturated heterocycles. The van der Waals surface area contributed by atoms with Crippen LogP contribution in [0.2, 0.25) is 0 Å². The number of pyridine rings is 1. The van der Waals surface area contributed by atoms with Crippen LogP contribution < -0.4 is 5.32 Å². The summed E-state index contributed by atoms with van der Waals surface area (Å²) in [4.78, 5) is 21.2. The van der Waals surface area contributed by atoms with Gasteiger partial charge in [0.2, 0.25) is 6.41 Å². The van der Waals surface area contributed by atoms with Crippen molar-refractivity contribution in [2.45, 2.75) is 33.1 Å². The first-order valence-electron chi connectivity index (χ1n) is 9.97. The highest BCUT2D eigenvalue weighted by Gasteiger charge is 2.28. The number of para-hydroxylation sites is 1. The van der Waals surface area contributed by atoms with Crippen LogP contribution in [0.3, 0.4) is 0 Å². The molecule has 1 N–H and O–H groups in total. The fourth-order valence-electron chi connectivity index (χ4n) is 3.99. The molecule has 0 radical (unpaired) electrons. The average Bonchev–Trinajstić information content (AvgIpc) is 3.26. The minimum absolute atomic E-state index is 0.624. The van der Waals surface area contributed by atoms with Crippen LogP contribution in [0.4, 0.5) is 5.13 Å². The smallest absolute Gasteiger partial charge is 0.213 e. The molecular weight excluding hydrogens is 394 g/mol. The summed E-state index contributed by atoms with van der Waals surface area (Å²) in [6, 6.07) is 12.4. The van der Waals surface area contributed by atoms with Gasteiger partial charge in [-0.2, -0.15) is 5.10 Å². The number of carbonyl (C=O) groups excluding carboxylic acids is 1. The van der Waals surface area contributed by atoms with E-state index in [1.165, 1.54) is 16.9 Å². The number of rotatable bonds is 4. The zero-order valence-electron chi connectivity index (χ0n) is 16.8. The molecule has 3 aromatic heterocycles. The molecule has 1 aliphatic carbocycles. The number of hydrogen-bond donors (Lipinski definition) is 1. The number of carbonyl (C=O) groups is 1. The molecule has 0 spiro atoms. The molecule has 3 heterocycles. The van der Waals surface area contributed by atoms with Crippen molar-refractivity contribution in [2.24, 2.45) is 0 Å². The Morgan fingerprint density at radius 1 is 1.13 bits per heavy atom. The third kappa shape index (κ3) is 3.11. The van der Waals surface area contributed by atoms with Crippen molar-refractivity contribution in [1.82, 2.24) is 19.7 Å². The van der Waals surface area contributed by atoms with Gasteiger partial charge in [0.05, 0.1) is 27.6 Å². The first-order valence-corrected chi connectivity index (χ1v) is 10.8. The number of aromatic nitrogens is 4. The fourth-order valence-corrected chi connectivity index (χ4v) is 5.01. The van der Waals surface area contributed by atoms with Crippen molar-refractivity contribution < 1.29 is 4.79 Å². The van der Waals surface area contributed by atoms with E-state index in [-0.39, 0.29) is 0 Å². The van der Waals surface area contributed by atoms with Crippen molar-refractivity contribution in [3.05, 3.63) is 65.1 Å². The summed E-state index contributed by atoms with van der Waals surface area (Å²) in [5.41, 5.74) is 8.47. The SMILES string of the molecule is Cc1ccc(-c2nn(-c3ccccc3C)c3c2CCCc2nc(NC=O)sc2-3)cn1. The molecule has 0 aliphatic heterocycles. The van der Waals surface area contributed by atoms with Gasteiger partial charge in [0.25, 0.3) is 0 Å². The van der Waals surface area contributed by atoms with Crippen molar-refractivity contribution in [3.63, 3.8) is 0 Å². The second-order valence-electron chi connectivity index (χ2n) is 7.47. The minimum atomic E-state index is 0.624. The van der Waals surface area contributed by atoms with Gasteiger partial charge in [-0.15, -0.1) is 0 Å². The Morgan fingerprint density at radius 3 is 2.77 bits per heavy atom. The van der Waals surface area contributed by atoms with Crippen molar-refractivity contribution >= 4 is 22.9 Å². The predicted octanol–water partition coefficient (Wildman–Crippen LogP) is 4.73. The van der Waals surface area contributed by atoms with Crippen LogP contribution in [-0.2, 0) is 17.6 Å². The molecule has 1 amide bonds. The lowest BCUT2D eigenvalue weighted by Crippen LogP contribution is -2.02. The van der Waals surface area contributed by atoms with E-state index in [1.807, 2.05) is 36.0 Å². The van der Waals surface area contributed by atoms with Gasteiger partial charge >= 0.3 is 0 Å². The lowest BCUT2D eigenvalue weighted by atomic mass is 10.0. The zero-order chi connectivity index (χ0) is 20.7. The van der Waals surface area contributed by atoms with Crippen molar-refractivity contribution in [3.8, 4) is 27.5 Å². The highest BCUT2D eigenvalue weighted by Crippen LogP contribution is 2.43. The lowest BCUT2D eigenvalue weighted by molar-refractivity contribution is -0.105. The summed E-state index contributed by atoms with van der Waals surface area (Å²) >= 11 is 1.51. The van der Waals surface area contributed by atoms with E-state index in [2.05, 4.69) is 40.4 Å². The maximum absolute atomic E-state index is 11.0. The quantitative estimate of drug-likeness (QED) is 0.489. The Labute approximate surface area is 178 Å². The molecule has 4 aromatic rings. The number of benzene rings is 1. The predicted molar refractivity (Wildman–Crippen MR) is 119 cm³/mol. The third-order valence-electron chi connectivity index (χ3n) is 5.45. The van der Waals surface area contributed by atoms with E-state index < -0.39 is 0 Å². The van der Waals surface area contributed by atoms with Crippen LogP contribution in [0.25, 0.3) is 27.5 Å². The average molecular weight is 416 g/mol. The third-order valence-corrected chi connectivity index (χ3v) is 6.48. The van der Waals surface area contributed by atoms with E-state index in [9.17, 15) is 4.79 Å². The molecule has 0 saturated carbocycles. The molecule has 0 unspecified atom stereocenters. The first kappa shape index (κ1) is 18.7. The van der Waals surface area contributed by atoms with E-state index >= 15 is 0 Å². The number of aryl methyl sites for hydroxylation is 3. The lowest BCUT2D eigenvalue weighted by Gasteiger charge is -2.10. The maximum Gasteiger partial charge on any atom is 0.213 e. The van der Waals surface area contributed by atoms with Crippen molar-refractivity contribution in [1.29, 1.82) is 0 Å². The Bertz CT molecular complexity index is 1240. The van der Waals surface area contributed by atoms with Gasteiger partial charge in [0.15, 0.2) is 5.13 Å². The molecule has 6 nitrogen and oxygen atoms in total. The van der Waals surface area contributed by atoms with Gasteiger partial charge in [0, 0.05) is 23.0 Å². The number of fused-ring (bicyclic) bond motifs is 3. The number of amides is 1. The Morgan fingerprint density at radius 2 is 2.00 bits per heavy atom. The molecule has 0 atom stereocenters. The van der Waals surface area contributed by atoms with Crippen LogP contribution in [-0.4, -0.2) is 26.2 Å². The summed E-state index contributed by atoms with van der Waals surface area (Å²) in [6.45, 7) is 4.08. The number of anilines is 1. The first-order chi connectivity index (χ1) is 14.7. The highest BCUT2D eigenvalue weighted by atomic mass is 32.1. The Hall–Kier alpha value is -3.32. The molecule has 1 aliphatic rings.